The van der Waals surface area contributed by atoms with E-state index in [1.54, 1.807) is 11.3 Å². The number of aromatic nitrogens is 1. The number of rotatable bonds is 6. The normalized spacial score (nSPS) is 11.5. The molecule has 0 aromatic carbocycles. The van der Waals surface area contributed by atoms with Crippen LogP contribution in [-0.2, 0) is 23.0 Å². The Hall–Kier alpha value is -1.35. The zero-order valence-corrected chi connectivity index (χ0v) is 13.8. The molecule has 0 aliphatic heterocycles. The van der Waals surface area contributed by atoms with Crippen LogP contribution in [-0.4, -0.2) is 18.4 Å². The summed E-state index contributed by atoms with van der Waals surface area (Å²) >= 11 is 6.32. The second-order valence-corrected chi connectivity index (χ2v) is 7.50. The fraction of sp³-hybridized carbons (Fsp3) is 0.231. The second kappa shape index (κ2) is 6.61. The Morgan fingerprint density at radius 2 is 2.19 bits per heavy atom. The fourth-order valence-electron chi connectivity index (χ4n) is 1.77. The first-order chi connectivity index (χ1) is 9.94. The zero-order valence-electron chi connectivity index (χ0n) is 11.4. The van der Waals surface area contributed by atoms with E-state index in [9.17, 15) is 8.42 Å². The van der Waals surface area contributed by atoms with Gasteiger partial charge in [-0.1, -0.05) is 19.1 Å². The molecule has 112 valence electrons. The van der Waals surface area contributed by atoms with Crippen molar-refractivity contribution in [3.8, 4) is 0 Å². The lowest BCUT2D eigenvalue weighted by atomic mass is 10.2. The Bertz CT molecular complexity index is 736. The highest BCUT2D eigenvalue weighted by Crippen LogP contribution is 2.18. The summed E-state index contributed by atoms with van der Waals surface area (Å²) < 4.78 is 27.0. The number of thiophene rings is 1. The summed E-state index contributed by atoms with van der Waals surface area (Å²) in [6.07, 6.45) is 2.14. The largest absolute Gasteiger partial charge is 0.388 e. The summed E-state index contributed by atoms with van der Waals surface area (Å²) in [5, 5.41) is 1.96. The van der Waals surface area contributed by atoms with E-state index in [0.29, 0.717) is 5.69 Å². The zero-order chi connectivity index (χ0) is 15.5. The Morgan fingerprint density at radius 3 is 2.76 bits per heavy atom. The summed E-state index contributed by atoms with van der Waals surface area (Å²) in [5.41, 5.74) is 6.99. The molecule has 21 heavy (non-hydrogen) atoms. The lowest BCUT2D eigenvalue weighted by molar-refractivity contribution is 0.581. The number of nitrogens with two attached hydrogens (primary N) is 1. The average molecular weight is 341 g/mol. The van der Waals surface area contributed by atoms with Gasteiger partial charge in [0.1, 0.15) is 9.88 Å². The van der Waals surface area contributed by atoms with Crippen LogP contribution in [0.2, 0.25) is 0 Å². The van der Waals surface area contributed by atoms with Crippen molar-refractivity contribution in [2.24, 2.45) is 5.73 Å². The summed E-state index contributed by atoms with van der Waals surface area (Å²) in [4.78, 5) is 5.19. The van der Waals surface area contributed by atoms with E-state index in [1.165, 1.54) is 18.3 Å². The predicted octanol–water partition coefficient (Wildman–Crippen LogP) is 1.82. The molecule has 5 nitrogen and oxygen atoms in total. The highest BCUT2D eigenvalue weighted by Gasteiger charge is 2.15. The van der Waals surface area contributed by atoms with Gasteiger partial charge in [0.25, 0.3) is 0 Å². The van der Waals surface area contributed by atoms with E-state index < -0.39 is 10.0 Å². The van der Waals surface area contributed by atoms with Gasteiger partial charge in [-0.3, -0.25) is 4.98 Å². The maximum atomic E-state index is 12.2. The minimum Gasteiger partial charge on any atom is -0.388 e. The van der Waals surface area contributed by atoms with Crippen LogP contribution in [0.25, 0.3) is 0 Å². The number of nitrogens with zero attached hydrogens (tertiary/aromatic N) is 1. The molecule has 2 aromatic heterocycles. The Morgan fingerprint density at radius 1 is 1.43 bits per heavy atom. The number of aryl methyl sites for hydroxylation is 1. The van der Waals surface area contributed by atoms with Crippen molar-refractivity contribution in [1.82, 2.24) is 9.71 Å². The van der Waals surface area contributed by atoms with Crippen LogP contribution in [0.3, 0.4) is 0 Å². The molecule has 0 aliphatic carbocycles. The molecule has 0 spiro atoms. The molecular weight excluding hydrogens is 326 g/mol. The third-order valence-corrected chi connectivity index (χ3v) is 5.50. The molecule has 2 aromatic rings. The lowest BCUT2D eigenvalue weighted by Gasteiger charge is -2.07. The SMILES string of the molecule is CCc1ccsc1CNS(=O)(=O)c1ccc(C(N)=S)nc1. The molecule has 3 N–H and O–H groups in total. The molecular formula is C13H15N3O2S3. The summed E-state index contributed by atoms with van der Waals surface area (Å²) in [6, 6.07) is 4.95. The van der Waals surface area contributed by atoms with Crippen molar-refractivity contribution in [3.05, 3.63) is 45.9 Å². The molecule has 0 atom stereocenters. The molecule has 2 rings (SSSR count). The molecule has 0 amide bonds. The highest BCUT2D eigenvalue weighted by atomic mass is 32.2. The minimum atomic E-state index is -3.59. The molecule has 0 saturated carbocycles. The van der Waals surface area contributed by atoms with Crippen LogP contribution < -0.4 is 10.5 Å². The standard InChI is InChI=1S/C13H15N3O2S3/c1-2-9-5-6-20-12(9)8-16-21(17,18)10-3-4-11(13(14)19)15-7-10/h3-7,16H,2,8H2,1H3,(H2,14,19). The van der Waals surface area contributed by atoms with Crippen molar-refractivity contribution in [2.45, 2.75) is 24.8 Å². The summed E-state index contributed by atoms with van der Waals surface area (Å²) in [6.45, 7) is 2.32. The average Bonchev–Trinajstić information content (AvgIpc) is 2.93. The topological polar surface area (TPSA) is 85.1 Å². The third kappa shape index (κ3) is 3.85. The second-order valence-electron chi connectivity index (χ2n) is 4.29. The number of hydrogen-bond acceptors (Lipinski definition) is 5. The number of pyridine rings is 1. The summed E-state index contributed by atoms with van der Waals surface area (Å²) in [7, 11) is -3.59. The quantitative estimate of drug-likeness (QED) is 0.783. The van der Waals surface area contributed by atoms with Crippen molar-refractivity contribution >= 4 is 38.6 Å². The number of nitrogens with one attached hydrogen (secondary N) is 1. The van der Waals surface area contributed by atoms with E-state index in [0.717, 1.165) is 16.9 Å². The third-order valence-electron chi connectivity index (χ3n) is 2.94. The van der Waals surface area contributed by atoms with Gasteiger partial charge in [0.05, 0.1) is 5.69 Å². The van der Waals surface area contributed by atoms with Gasteiger partial charge in [-0.2, -0.15) is 0 Å². The van der Waals surface area contributed by atoms with Gasteiger partial charge in [-0.05, 0) is 35.6 Å². The van der Waals surface area contributed by atoms with Gasteiger partial charge in [0, 0.05) is 17.6 Å². The van der Waals surface area contributed by atoms with Crippen molar-refractivity contribution in [3.63, 3.8) is 0 Å². The Labute approximate surface area is 133 Å². The van der Waals surface area contributed by atoms with Gasteiger partial charge in [0.2, 0.25) is 10.0 Å². The predicted molar refractivity (Wildman–Crippen MR) is 87.8 cm³/mol. The molecule has 0 saturated heterocycles. The lowest BCUT2D eigenvalue weighted by Crippen LogP contribution is -2.23. The van der Waals surface area contributed by atoms with Gasteiger partial charge in [0.15, 0.2) is 0 Å². The van der Waals surface area contributed by atoms with Crippen LogP contribution in [0.5, 0.6) is 0 Å². The highest BCUT2D eigenvalue weighted by molar-refractivity contribution is 7.89. The van der Waals surface area contributed by atoms with E-state index in [2.05, 4.69) is 9.71 Å². The van der Waals surface area contributed by atoms with Gasteiger partial charge in [-0.25, -0.2) is 13.1 Å². The maximum Gasteiger partial charge on any atom is 0.242 e. The molecule has 8 heteroatoms. The molecule has 0 aliphatic rings. The van der Waals surface area contributed by atoms with E-state index in [1.807, 2.05) is 18.4 Å². The van der Waals surface area contributed by atoms with Crippen LogP contribution in [0.4, 0.5) is 0 Å². The first-order valence-electron chi connectivity index (χ1n) is 6.25. The molecule has 0 radical (unpaired) electrons. The van der Waals surface area contributed by atoms with E-state index in [4.69, 9.17) is 18.0 Å². The van der Waals surface area contributed by atoms with E-state index >= 15 is 0 Å². The van der Waals surface area contributed by atoms with Crippen LogP contribution in [0.1, 0.15) is 23.1 Å². The van der Waals surface area contributed by atoms with Crippen molar-refractivity contribution in [2.75, 3.05) is 0 Å². The number of thiocarbonyl (C=S) groups is 1. The first-order valence-corrected chi connectivity index (χ1v) is 9.02. The smallest absolute Gasteiger partial charge is 0.242 e. The van der Waals surface area contributed by atoms with Crippen molar-refractivity contribution in [1.29, 1.82) is 0 Å². The van der Waals surface area contributed by atoms with Crippen LogP contribution in [0, 0.1) is 0 Å². The minimum absolute atomic E-state index is 0.0945. The van der Waals surface area contributed by atoms with Gasteiger partial charge >= 0.3 is 0 Å². The molecule has 0 unspecified atom stereocenters. The maximum absolute atomic E-state index is 12.2. The number of sulfonamides is 1. The Balaban J connectivity index is 2.13. The monoisotopic (exact) mass is 341 g/mol. The van der Waals surface area contributed by atoms with E-state index in [-0.39, 0.29) is 16.4 Å². The van der Waals surface area contributed by atoms with Gasteiger partial charge in [-0.15, -0.1) is 11.3 Å². The Kier molecular flexibility index (Phi) is 5.04. The van der Waals surface area contributed by atoms with Crippen LogP contribution in [0.15, 0.2) is 34.7 Å². The number of hydrogen-bond donors (Lipinski definition) is 2. The fourth-order valence-corrected chi connectivity index (χ4v) is 3.83. The molecule has 0 fully saturated rings. The van der Waals surface area contributed by atoms with Gasteiger partial charge < -0.3 is 5.73 Å². The first kappa shape index (κ1) is 16.0. The van der Waals surface area contributed by atoms with Crippen molar-refractivity contribution < 1.29 is 8.42 Å². The molecule has 0 bridgehead atoms. The summed E-state index contributed by atoms with van der Waals surface area (Å²) in [5.74, 6) is 0. The van der Waals surface area contributed by atoms with Crippen LogP contribution >= 0.6 is 23.6 Å². The molecule has 2 heterocycles.